The number of aliphatic hydroxyl groups excluding tert-OH is 4. The molecule has 110 valence electrons. The van der Waals surface area contributed by atoms with Crippen molar-refractivity contribution < 1.29 is 39.5 Å². The van der Waals surface area contributed by atoms with Gasteiger partial charge in [0, 0.05) is 6.92 Å². The molecule has 0 aliphatic rings. The van der Waals surface area contributed by atoms with Crippen LogP contribution in [0.5, 0.6) is 0 Å². The number of carbonyl (C=O) groups is 3. The van der Waals surface area contributed by atoms with Crippen LogP contribution in [-0.4, -0.2) is 75.5 Å². The number of carbonyl (C=O) groups excluding carboxylic acids is 3. The summed E-state index contributed by atoms with van der Waals surface area (Å²) in [4.78, 5) is 33.3. The van der Waals surface area contributed by atoms with Crippen molar-refractivity contribution in [1.82, 2.24) is 0 Å². The van der Waals surface area contributed by atoms with Crippen molar-refractivity contribution in [3.8, 4) is 0 Å². The summed E-state index contributed by atoms with van der Waals surface area (Å²) in [6.45, 7) is -0.984. The summed E-state index contributed by atoms with van der Waals surface area (Å²) in [5.74, 6) is -3.40. The van der Waals surface area contributed by atoms with Gasteiger partial charge >= 0.3 is 5.97 Å². The maximum Gasteiger partial charge on any atom is 0.303 e. The van der Waals surface area contributed by atoms with Crippen molar-refractivity contribution in [2.75, 3.05) is 13.2 Å². The van der Waals surface area contributed by atoms with Crippen molar-refractivity contribution in [2.24, 2.45) is 5.73 Å². The van der Waals surface area contributed by atoms with Crippen molar-refractivity contribution in [3.05, 3.63) is 0 Å². The van der Waals surface area contributed by atoms with Gasteiger partial charge in [-0.05, 0) is 0 Å². The van der Waals surface area contributed by atoms with E-state index in [-0.39, 0.29) is 0 Å². The molecule has 0 amide bonds. The number of hydrogen-bond acceptors (Lipinski definition) is 9. The highest BCUT2D eigenvalue weighted by Crippen LogP contribution is 2.10. The van der Waals surface area contributed by atoms with E-state index < -0.39 is 55.1 Å². The van der Waals surface area contributed by atoms with E-state index in [1.807, 2.05) is 0 Å². The first-order valence-electron chi connectivity index (χ1n) is 5.33. The Morgan fingerprint density at radius 3 is 2.11 bits per heavy atom. The average molecular weight is 279 g/mol. The molecule has 9 nitrogen and oxygen atoms in total. The van der Waals surface area contributed by atoms with Gasteiger partial charge in [-0.15, -0.1) is 0 Å². The summed E-state index contributed by atoms with van der Waals surface area (Å²) in [7, 11) is 0. The SMILES string of the molecule is CC(=O)O[C@@H]([C@H](O)[C@H](O)CO)[C@H](N)C(=O)C(=O)CO. The third-order valence-corrected chi connectivity index (χ3v) is 2.30. The Balaban J connectivity index is 5.08. The number of aliphatic hydroxyl groups is 4. The first-order chi connectivity index (χ1) is 8.76. The van der Waals surface area contributed by atoms with Gasteiger partial charge in [0.2, 0.25) is 11.6 Å². The molecule has 0 aromatic heterocycles. The molecule has 0 unspecified atom stereocenters. The molecule has 9 heteroatoms. The summed E-state index contributed by atoms with van der Waals surface area (Å²) in [5, 5.41) is 36.1. The molecule has 0 fully saturated rings. The van der Waals surface area contributed by atoms with Crippen LogP contribution in [0.4, 0.5) is 0 Å². The highest BCUT2D eigenvalue weighted by atomic mass is 16.6. The van der Waals surface area contributed by atoms with Crippen molar-refractivity contribution in [1.29, 1.82) is 0 Å². The molecular weight excluding hydrogens is 262 g/mol. The molecule has 0 aromatic carbocycles. The summed E-state index contributed by atoms with van der Waals surface area (Å²) in [5.41, 5.74) is 5.37. The van der Waals surface area contributed by atoms with Gasteiger partial charge in [-0.2, -0.15) is 0 Å². The predicted molar refractivity (Wildman–Crippen MR) is 59.7 cm³/mol. The molecule has 0 bridgehead atoms. The van der Waals surface area contributed by atoms with Crippen LogP contribution in [0.3, 0.4) is 0 Å². The minimum Gasteiger partial charge on any atom is -0.458 e. The number of ketones is 2. The van der Waals surface area contributed by atoms with E-state index in [9.17, 15) is 24.6 Å². The Morgan fingerprint density at radius 2 is 1.74 bits per heavy atom. The first kappa shape index (κ1) is 17.6. The van der Waals surface area contributed by atoms with Gasteiger partial charge < -0.3 is 30.9 Å². The van der Waals surface area contributed by atoms with E-state index in [4.69, 9.17) is 15.9 Å². The van der Waals surface area contributed by atoms with E-state index in [0.717, 1.165) is 6.92 Å². The molecule has 0 saturated heterocycles. The van der Waals surface area contributed by atoms with Crippen LogP contribution in [0.2, 0.25) is 0 Å². The standard InChI is InChI=1S/C10H17NO8/c1-4(14)19-10(9(18)6(16)3-13)7(11)8(17)5(15)2-12/h6-7,9-10,12-13,16,18H,2-3,11H2,1H3/t6-,7-,9-,10-/m1/s1. The Labute approximate surface area is 108 Å². The molecule has 0 spiro atoms. The summed E-state index contributed by atoms with van der Waals surface area (Å²) in [6.07, 6.45) is -5.30. The zero-order chi connectivity index (χ0) is 15.2. The van der Waals surface area contributed by atoms with Crippen LogP contribution in [0.25, 0.3) is 0 Å². The third kappa shape index (κ3) is 5.01. The number of ether oxygens (including phenoxy) is 1. The average Bonchev–Trinajstić information content (AvgIpc) is 2.40. The highest BCUT2D eigenvalue weighted by Gasteiger charge is 2.38. The zero-order valence-corrected chi connectivity index (χ0v) is 10.2. The van der Waals surface area contributed by atoms with Crippen molar-refractivity contribution in [3.63, 3.8) is 0 Å². The van der Waals surface area contributed by atoms with E-state index in [1.54, 1.807) is 0 Å². The number of nitrogens with two attached hydrogens (primary N) is 1. The second-order valence-corrected chi connectivity index (χ2v) is 3.79. The molecule has 0 saturated carbocycles. The van der Waals surface area contributed by atoms with E-state index in [0.29, 0.717) is 0 Å². The predicted octanol–water partition coefficient (Wildman–Crippen LogP) is -3.91. The normalized spacial score (nSPS) is 17.2. The number of hydrogen-bond donors (Lipinski definition) is 5. The molecule has 0 heterocycles. The maximum absolute atomic E-state index is 11.4. The van der Waals surface area contributed by atoms with Crippen LogP contribution in [0.15, 0.2) is 0 Å². The van der Waals surface area contributed by atoms with Gasteiger partial charge in [0.1, 0.15) is 24.9 Å². The van der Waals surface area contributed by atoms with E-state index in [1.165, 1.54) is 0 Å². The van der Waals surface area contributed by atoms with Gasteiger partial charge in [-0.3, -0.25) is 14.4 Å². The van der Waals surface area contributed by atoms with Gasteiger partial charge in [-0.1, -0.05) is 0 Å². The van der Waals surface area contributed by atoms with Gasteiger partial charge in [0.05, 0.1) is 6.61 Å². The van der Waals surface area contributed by atoms with E-state index in [2.05, 4.69) is 4.74 Å². The van der Waals surface area contributed by atoms with E-state index >= 15 is 0 Å². The fourth-order valence-corrected chi connectivity index (χ4v) is 1.29. The smallest absolute Gasteiger partial charge is 0.303 e. The van der Waals surface area contributed by atoms with Gasteiger partial charge in [0.15, 0.2) is 6.10 Å². The summed E-state index contributed by atoms with van der Waals surface area (Å²) < 4.78 is 4.57. The fraction of sp³-hybridized carbons (Fsp3) is 0.700. The molecule has 4 atom stereocenters. The van der Waals surface area contributed by atoms with Gasteiger partial charge in [-0.25, -0.2) is 0 Å². The molecular formula is C10H17NO8. The Hall–Kier alpha value is -1.39. The Bertz CT molecular complexity index is 344. The van der Waals surface area contributed by atoms with Crippen LogP contribution >= 0.6 is 0 Å². The number of esters is 1. The van der Waals surface area contributed by atoms with Crippen molar-refractivity contribution in [2.45, 2.75) is 31.3 Å². The number of rotatable bonds is 8. The molecule has 19 heavy (non-hydrogen) atoms. The summed E-state index contributed by atoms with van der Waals surface area (Å²) >= 11 is 0. The zero-order valence-electron chi connectivity index (χ0n) is 10.2. The quantitative estimate of drug-likeness (QED) is 0.220. The molecule has 0 aliphatic heterocycles. The molecule has 0 aliphatic carbocycles. The van der Waals surface area contributed by atoms with Crippen LogP contribution in [0.1, 0.15) is 6.92 Å². The lowest BCUT2D eigenvalue weighted by Gasteiger charge is -2.28. The second kappa shape index (κ2) is 7.92. The monoisotopic (exact) mass is 279 g/mol. The third-order valence-electron chi connectivity index (χ3n) is 2.30. The lowest BCUT2D eigenvalue weighted by atomic mass is 9.96. The first-order valence-corrected chi connectivity index (χ1v) is 5.33. The topological polar surface area (TPSA) is 167 Å². The van der Waals surface area contributed by atoms with Gasteiger partial charge in [0.25, 0.3) is 0 Å². The lowest BCUT2D eigenvalue weighted by Crippen LogP contribution is -2.56. The van der Waals surface area contributed by atoms with Crippen LogP contribution < -0.4 is 5.73 Å². The highest BCUT2D eigenvalue weighted by molar-refractivity contribution is 6.39. The second-order valence-electron chi connectivity index (χ2n) is 3.79. The maximum atomic E-state index is 11.4. The van der Waals surface area contributed by atoms with Crippen molar-refractivity contribution >= 4 is 17.5 Å². The van der Waals surface area contributed by atoms with Crippen LogP contribution in [-0.2, 0) is 19.1 Å². The minimum absolute atomic E-state index is 0.867. The summed E-state index contributed by atoms with van der Waals surface area (Å²) in [6, 6.07) is -1.76. The molecule has 0 radical (unpaired) electrons. The minimum atomic E-state index is -1.86. The Kier molecular flexibility index (Phi) is 7.34. The number of Topliss-reactive ketones (excluding diaryl/α,β-unsaturated/α-hetero) is 2. The molecule has 0 rings (SSSR count). The Morgan fingerprint density at radius 1 is 1.21 bits per heavy atom. The lowest BCUT2D eigenvalue weighted by molar-refractivity contribution is -0.164. The largest absolute Gasteiger partial charge is 0.458 e. The molecule has 0 aromatic rings. The molecule has 6 N–H and O–H groups in total. The fourth-order valence-electron chi connectivity index (χ4n) is 1.29. The van der Waals surface area contributed by atoms with Crippen LogP contribution in [0, 0.1) is 0 Å².